The molecule has 0 heterocycles. The maximum Gasteiger partial charge on any atom is 0.322 e. The molecule has 0 aromatic heterocycles. The Morgan fingerprint density at radius 3 is 2.35 bits per heavy atom. The molecule has 0 aliphatic heterocycles. The highest BCUT2D eigenvalue weighted by atomic mass is 16.5. The van der Waals surface area contributed by atoms with Crippen LogP contribution in [-0.2, 0) is 9.47 Å². The molecule has 0 radical (unpaired) electrons. The normalized spacial score (nSPS) is 10.2. The molecule has 6 nitrogen and oxygen atoms in total. The average molecular weight is 282 g/mol. The zero-order valence-electron chi connectivity index (χ0n) is 12.2. The summed E-state index contributed by atoms with van der Waals surface area (Å²) in [5.74, 6) is 0.697. The Kier molecular flexibility index (Phi) is 7.46. The fraction of sp³-hybridized carbons (Fsp3) is 0.500. The van der Waals surface area contributed by atoms with E-state index in [2.05, 4.69) is 5.32 Å². The van der Waals surface area contributed by atoms with Crippen molar-refractivity contribution in [3.8, 4) is 5.75 Å². The smallest absolute Gasteiger partial charge is 0.322 e. The molecule has 0 spiro atoms. The molecule has 0 bridgehead atoms. The third-order valence-corrected chi connectivity index (χ3v) is 2.74. The summed E-state index contributed by atoms with van der Waals surface area (Å²) in [7, 11) is 4.80. The number of hydrogen-bond acceptors (Lipinski definition) is 4. The highest BCUT2D eigenvalue weighted by Gasteiger charge is 2.13. The number of nitrogens with one attached hydrogen (secondary N) is 1. The predicted octanol–water partition coefficient (Wildman–Crippen LogP) is 1.82. The van der Waals surface area contributed by atoms with Crippen LogP contribution in [0.1, 0.15) is 0 Å². The lowest BCUT2D eigenvalue weighted by Gasteiger charge is -2.22. The van der Waals surface area contributed by atoms with Gasteiger partial charge in [0.15, 0.2) is 0 Å². The summed E-state index contributed by atoms with van der Waals surface area (Å²) < 4.78 is 15.1. The molecule has 0 aliphatic carbocycles. The molecule has 1 rings (SSSR count). The summed E-state index contributed by atoms with van der Waals surface area (Å²) in [6.45, 7) is 1.98. The summed E-state index contributed by atoms with van der Waals surface area (Å²) in [4.78, 5) is 13.8. The maximum absolute atomic E-state index is 12.2. The minimum atomic E-state index is -0.188. The van der Waals surface area contributed by atoms with Gasteiger partial charge in [-0.3, -0.25) is 0 Å². The van der Waals surface area contributed by atoms with Crippen LogP contribution in [0.3, 0.4) is 0 Å². The van der Waals surface area contributed by atoms with Crippen molar-refractivity contribution in [2.45, 2.75) is 0 Å². The van der Waals surface area contributed by atoms with Crippen molar-refractivity contribution in [2.24, 2.45) is 0 Å². The Labute approximate surface area is 119 Å². The van der Waals surface area contributed by atoms with Crippen molar-refractivity contribution >= 4 is 11.7 Å². The lowest BCUT2D eigenvalue weighted by Crippen LogP contribution is -2.39. The zero-order chi connectivity index (χ0) is 14.8. The van der Waals surface area contributed by atoms with Crippen LogP contribution in [0.15, 0.2) is 24.3 Å². The van der Waals surface area contributed by atoms with Gasteiger partial charge in [0.2, 0.25) is 0 Å². The van der Waals surface area contributed by atoms with E-state index in [1.54, 1.807) is 32.3 Å². The Morgan fingerprint density at radius 1 is 1.15 bits per heavy atom. The first-order valence-electron chi connectivity index (χ1n) is 6.39. The van der Waals surface area contributed by atoms with Gasteiger partial charge < -0.3 is 24.4 Å². The molecular weight excluding hydrogens is 260 g/mol. The second kappa shape index (κ2) is 9.17. The first kappa shape index (κ1) is 16.3. The van der Waals surface area contributed by atoms with Gasteiger partial charge in [0.25, 0.3) is 0 Å². The fourth-order valence-electron chi connectivity index (χ4n) is 1.62. The summed E-state index contributed by atoms with van der Waals surface area (Å²) in [5.41, 5.74) is 0.689. The van der Waals surface area contributed by atoms with Gasteiger partial charge in [-0.1, -0.05) is 6.07 Å². The molecule has 0 saturated carbocycles. The first-order chi connectivity index (χ1) is 9.71. The summed E-state index contributed by atoms with van der Waals surface area (Å²) in [6.07, 6.45) is 0. The van der Waals surface area contributed by atoms with E-state index in [-0.39, 0.29) is 6.03 Å². The number of amides is 2. The van der Waals surface area contributed by atoms with Gasteiger partial charge in [-0.2, -0.15) is 0 Å². The fourth-order valence-corrected chi connectivity index (χ4v) is 1.62. The van der Waals surface area contributed by atoms with E-state index in [4.69, 9.17) is 14.2 Å². The number of benzene rings is 1. The molecular formula is C14H22N2O4. The van der Waals surface area contributed by atoms with Crippen molar-refractivity contribution in [3.05, 3.63) is 24.3 Å². The Hall–Kier alpha value is -1.79. The third kappa shape index (κ3) is 5.46. The molecule has 1 N–H and O–H groups in total. The van der Waals surface area contributed by atoms with E-state index in [1.165, 1.54) is 0 Å². The number of ether oxygens (including phenoxy) is 3. The van der Waals surface area contributed by atoms with E-state index in [9.17, 15) is 4.79 Å². The third-order valence-electron chi connectivity index (χ3n) is 2.74. The van der Waals surface area contributed by atoms with Crippen LogP contribution in [-0.4, -0.2) is 58.6 Å². The minimum Gasteiger partial charge on any atom is -0.497 e. The summed E-state index contributed by atoms with van der Waals surface area (Å²) in [6, 6.07) is 7.03. The number of anilines is 1. The van der Waals surface area contributed by atoms with Crippen LogP contribution in [0.5, 0.6) is 5.75 Å². The van der Waals surface area contributed by atoms with Gasteiger partial charge in [-0.05, 0) is 12.1 Å². The number of rotatable bonds is 8. The molecule has 1 aromatic rings. The molecule has 0 unspecified atom stereocenters. The number of methoxy groups -OCH3 is 3. The van der Waals surface area contributed by atoms with Crippen molar-refractivity contribution in [1.29, 1.82) is 0 Å². The van der Waals surface area contributed by atoms with Gasteiger partial charge in [-0.15, -0.1) is 0 Å². The number of carbonyl (C=O) groups is 1. The van der Waals surface area contributed by atoms with Crippen molar-refractivity contribution in [3.63, 3.8) is 0 Å². The lowest BCUT2D eigenvalue weighted by molar-refractivity contribution is 0.127. The Bertz CT molecular complexity index is 404. The van der Waals surface area contributed by atoms with Crippen LogP contribution in [0.25, 0.3) is 0 Å². The number of carbonyl (C=O) groups excluding carboxylic acids is 1. The van der Waals surface area contributed by atoms with Crippen molar-refractivity contribution < 1.29 is 19.0 Å². The lowest BCUT2D eigenvalue weighted by atomic mass is 10.3. The average Bonchev–Trinajstić information content (AvgIpc) is 2.47. The van der Waals surface area contributed by atoms with E-state index in [0.717, 1.165) is 0 Å². The topological polar surface area (TPSA) is 60.0 Å². The molecule has 0 aliphatic rings. The number of urea groups is 1. The van der Waals surface area contributed by atoms with Crippen LogP contribution in [0.4, 0.5) is 10.5 Å². The Balaban J connectivity index is 2.63. The summed E-state index contributed by atoms with van der Waals surface area (Å²) in [5, 5.41) is 2.83. The molecule has 20 heavy (non-hydrogen) atoms. The monoisotopic (exact) mass is 282 g/mol. The number of nitrogens with zero attached hydrogens (tertiary/aromatic N) is 1. The predicted molar refractivity (Wildman–Crippen MR) is 77.3 cm³/mol. The van der Waals surface area contributed by atoms with Gasteiger partial charge in [-0.25, -0.2) is 4.79 Å². The van der Waals surface area contributed by atoms with Crippen LogP contribution < -0.4 is 10.1 Å². The van der Waals surface area contributed by atoms with Gasteiger partial charge >= 0.3 is 6.03 Å². The van der Waals surface area contributed by atoms with Crippen LogP contribution in [0.2, 0.25) is 0 Å². The van der Waals surface area contributed by atoms with Gasteiger partial charge in [0, 0.05) is 39.1 Å². The highest BCUT2D eigenvalue weighted by Crippen LogP contribution is 2.17. The Morgan fingerprint density at radius 2 is 1.80 bits per heavy atom. The van der Waals surface area contributed by atoms with Crippen LogP contribution >= 0.6 is 0 Å². The van der Waals surface area contributed by atoms with Crippen LogP contribution in [0, 0.1) is 0 Å². The molecule has 0 atom stereocenters. The van der Waals surface area contributed by atoms with Crippen molar-refractivity contribution in [1.82, 2.24) is 4.90 Å². The minimum absolute atomic E-state index is 0.188. The first-order valence-corrected chi connectivity index (χ1v) is 6.39. The number of hydrogen-bond donors (Lipinski definition) is 1. The second-order valence-corrected chi connectivity index (χ2v) is 4.13. The quantitative estimate of drug-likeness (QED) is 0.790. The molecule has 2 amide bonds. The largest absolute Gasteiger partial charge is 0.497 e. The van der Waals surface area contributed by atoms with E-state index >= 15 is 0 Å². The molecule has 1 aromatic carbocycles. The van der Waals surface area contributed by atoms with Gasteiger partial charge in [0.05, 0.1) is 20.3 Å². The molecule has 112 valence electrons. The maximum atomic E-state index is 12.2. The van der Waals surface area contributed by atoms with E-state index in [0.29, 0.717) is 37.7 Å². The van der Waals surface area contributed by atoms with Gasteiger partial charge in [0.1, 0.15) is 5.75 Å². The van der Waals surface area contributed by atoms with E-state index in [1.807, 2.05) is 18.2 Å². The molecule has 6 heteroatoms. The molecule has 0 fully saturated rings. The highest BCUT2D eigenvalue weighted by molar-refractivity contribution is 5.89. The van der Waals surface area contributed by atoms with E-state index < -0.39 is 0 Å². The standard InChI is InChI=1S/C14H22N2O4/c1-18-9-7-16(8-10-19-2)14(17)15-12-5-4-6-13(11-12)20-3/h4-6,11H,7-10H2,1-3H3,(H,15,17). The SMILES string of the molecule is COCCN(CCOC)C(=O)Nc1cccc(OC)c1. The zero-order valence-corrected chi connectivity index (χ0v) is 12.2. The van der Waals surface area contributed by atoms with Crippen molar-refractivity contribution in [2.75, 3.05) is 52.9 Å². The summed E-state index contributed by atoms with van der Waals surface area (Å²) >= 11 is 0. The molecule has 0 saturated heterocycles. The second-order valence-electron chi connectivity index (χ2n) is 4.13.